The molecule has 0 aliphatic rings. The monoisotopic (exact) mass is 341 g/mol. The van der Waals surface area contributed by atoms with Gasteiger partial charge in [-0.1, -0.05) is 34.8 Å². The van der Waals surface area contributed by atoms with Crippen LogP contribution >= 0.6 is 42.4 Å². The number of hydrogen-bond acceptors (Lipinski definition) is 5. The molecule has 0 heterocycles. The van der Waals surface area contributed by atoms with Gasteiger partial charge in [0.25, 0.3) is 0 Å². The SMILES string of the molecule is CCOP(=O)(OCC)C(NC(=O)OC)C(Cl)(Cl)Cl. The first-order valence-corrected chi connectivity index (χ1v) is 7.75. The number of alkyl carbamates (subject to hydrolysis) is 1. The zero-order valence-corrected chi connectivity index (χ0v) is 13.3. The third-order valence-electron chi connectivity index (χ3n) is 1.68. The summed E-state index contributed by atoms with van der Waals surface area (Å²) in [5, 5.41) is 2.15. The molecule has 0 aliphatic carbocycles. The molecule has 0 aliphatic heterocycles. The summed E-state index contributed by atoms with van der Waals surface area (Å²) in [4.78, 5) is 11.2. The number of ether oxygens (including phenoxy) is 1. The molecular formula is C8H15Cl3NO5P. The molecule has 6 nitrogen and oxygen atoms in total. The Kier molecular flexibility index (Phi) is 7.90. The maximum atomic E-state index is 12.4. The van der Waals surface area contributed by atoms with Gasteiger partial charge in [-0.3, -0.25) is 4.57 Å². The largest absolute Gasteiger partial charge is 0.453 e. The number of amides is 1. The zero-order valence-electron chi connectivity index (χ0n) is 10.1. The predicted octanol–water partition coefficient (Wildman–Crippen LogP) is 3.30. The van der Waals surface area contributed by atoms with Gasteiger partial charge in [-0.2, -0.15) is 0 Å². The lowest BCUT2D eigenvalue weighted by Gasteiger charge is -2.30. The van der Waals surface area contributed by atoms with Crippen LogP contribution in [-0.4, -0.2) is 36.0 Å². The average Bonchev–Trinajstić information content (AvgIpc) is 2.24. The van der Waals surface area contributed by atoms with E-state index in [2.05, 4.69) is 10.1 Å². The fourth-order valence-electron chi connectivity index (χ4n) is 1.06. The van der Waals surface area contributed by atoms with Crippen molar-refractivity contribution in [2.24, 2.45) is 0 Å². The summed E-state index contributed by atoms with van der Waals surface area (Å²) in [6, 6.07) is 0. The molecule has 1 amide bonds. The second kappa shape index (κ2) is 7.78. The Morgan fingerprint density at radius 3 is 2.00 bits per heavy atom. The summed E-state index contributed by atoms with van der Waals surface area (Å²) < 4.78 is 24.8. The molecule has 0 rings (SSSR count). The smallest absolute Gasteiger partial charge is 0.407 e. The standard InChI is InChI=1S/C8H15Cl3NO5P/c1-4-16-18(14,17-5-2)6(8(9,10)11)12-7(13)15-3/h6H,4-5H2,1-3H3,(H,12,13). The molecule has 1 unspecified atom stereocenters. The number of alkyl halides is 3. The molecule has 108 valence electrons. The Labute approximate surface area is 121 Å². The molecule has 0 saturated heterocycles. The van der Waals surface area contributed by atoms with Crippen molar-refractivity contribution in [2.75, 3.05) is 20.3 Å². The Bertz CT molecular complexity index is 312. The highest BCUT2D eigenvalue weighted by Gasteiger charge is 2.50. The summed E-state index contributed by atoms with van der Waals surface area (Å²) in [7, 11) is -2.70. The number of carbonyl (C=O) groups is 1. The molecular weight excluding hydrogens is 327 g/mol. The van der Waals surface area contributed by atoms with E-state index in [1.165, 1.54) is 0 Å². The molecule has 0 fully saturated rings. The molecule has 1 N–H and O–H groups in total. The number of carbonyl (C=O) groups excluding carboxylic acids is 1. The maximum absolute atomic E-state index is 12.4. The van der Waals surface area contributed by atoms with Crippen LogP contribution in [-0.2, 0) is 18.3 Å². The van der Waals surface area contributed by atoms with E-state index in [1.807, 2.05) is 0 Å². The molecule has 1 atom stereocenters. The third kappa shape index (κ3) is 5.51. The van der Waals surface area contributed by atoms with Crippen molar-refractivity contribution < 1.29 is 23.1 Å². The second-order valence-electron chi connectivity index (χ2n) is 2.96. The third-order valence-corrected chi connectivity index (χ3v) is 5.18. The molecule has 18 heavy (non-hydrogen) atoms. The van der Waals surface area contributed by atoms with Crippen molar-refractivity contribution in [3.63, 3.8) is 0 Å². The van der Waals surface area contributed by atoms with Gasteiger partial charge >= 0.3 is 13.7 Å². The molecule has 0 radical (unpaired) electrons. The van der Waals surface area contributed by atoms with Gasteiger partial charge in [-0.15, -0.1) is 0 Å². The number of methoxy groups -OCH3 is 1. The lowest BCUT2D eigenvalue weighted by Crippen LogP contribution is -2.44. The summed E-state index contributed by atoms with van der Waals surface area (Å²) in [6.45, 7) is 3.33. The van der Waals surface area contributed by atoms with Crippen LogP contribution < -0.4 is 5.32 Å². The van der Waals surface area contributed by atoms with Crippen LogP contribution in [0.4, 0.5) is 4.79 Å². The highest BCUT2D eigenvalue weighted by atomic mass is 35.6. The minimum atomic E-state index is -3.83. The van der Waals surface area contributed by atoms with Crippen LogP contribution in [0.25, 0.3) is 0 Å². The zero-order chi connectivity index (χ0) is 14.4. The van der Waals surface area contributed by atoms with Gasteiger partial charge in [-0.05, 0) is 13.8 Å². The van der Waals surface area contributed by atoms with Gasteiger partial charge in [0.2, 0.25) is 3.79 Å². The number of hydrogen-bond donors (Lipinski definition) is 1. The van der Waals surface area contributed by atoms with Gasteiger partial charge < -0.3 is 19.1 Å². The van der Waals surface area contributed by atoms with Crippen LogP contribution in [0.2, 0.25) is 0 Å². The summed E-state index contributed by atoms with van der Waals surface area (Å²) >= 11 is 17.1. The Hall–Kier alpha value is 0.290. The van der Waals surface area contributed by atoms with Crippen molar-refractivity contribution in [3.05, 3.63) is 0 Å². The van der Waals surface area contributed by atoms with Crippen LogP contribution in [0, 0.1) is 0 Å². The fourth-order valence-corrected chi connectivity index (χ4v) is 4.01. The van der Waals surface area contributed by atoms with Crippen molar-refractivity contribution in [2.45, 2.75) is 23.4 Å². The number of rotatable bonds is 6. The maximum Gasteiger partial charge on any atom is 0.407 e. The molecule has 0 spiro atoms. The van der Waals surface area contributed by atoms with Gasteiger partial charge in [0, 0.05) is 0 Å². The molecule has 0 aromatic heterocycles. The van der Waals surface area contributed by atoms with Crippen molar-refractivity contribution >= 4 is 48.5 Å². The van der Waals surface area contributed by atoms with Gasteiger partial charge in [0.1, 0.15) is 0 Å². The summed E-state index contributed by atoms with van der Waals surface area (Å²) in [5.41, 5.74) is 0. The van der Waals surface area contributed by atoms with Gasteiger partial charge in [0.05, 0.1) is 20.3 Å². The Balaban J connectivity index is 5.24. The lowest BCUT2D eigenvalue weighted by molar-refractivity contribution is 0.163. The van der Waals surface area contributed by atoms with Crippen molar-refractivity contribution in [1.29, 1.82) is 0 Å². The van der Waals surface area contributed by atoms with E-state index in [-0.39, 0.29) is 13.2 Å². The summed E-state index contributed by atoms with van der Waals surface area (Å²) in [5.74, 6) is -1.47. The van der Waals surface area contributed by atoms with E-state index >= 15 is 0 Å². The normalized spacial score (nSPS) is 14.1. The minimum Gasteiger partial charge on any atom is -0.453 e. The average molecular weight is 343 g/mol. The highest BCUT2D eigenvalue weighted by Crippen LogP contribution is 2.58. The van der Waals surface area contributed by atoms with Crippen LogP contribution in [0.5, 0.6) is 0 Å². The minimum absolute atomic E-state index is 0.0668. The van der Waals surface area contributed by atoms with E-state index in [0.717, 1.165) is 7.11 Å². The van der Waals surface area contributed by atoms with Gasteiger partial charge in [-0.25, -0.2) is 4.79 Å². The Morgan fingerprint density at radius 2 is 1.72 bits per heavy atom. The quantitative estimate of drug-likeness (QED) is 0.592. The number of nitrogens with one attached hydrogen (secondary N) is 1. The van der Waals surface area contributed by atoms with E-state index < -0.39 is 23.3 Å². The van der Waals surface area contributed by atoms with E-state index in [1.54, 1.807) is 13.8 Å². The first-order valence-electron chi connectivity index (χ1n) is 5.01. The molecule has 0 saturated carbocycles. The molecule has 0 aromatic carbocycles. The van der Waals surface area contributed by atoms with Crippen molar-refractivity contribution in [3.8, 4) is 0 Å². The Morgan fingerprint density at radius 1 is 1.28 bits per heavy atom. The van der Waals surface area contributed by atoms with Crippen molar-refractivity contribution in [1.82, 2.24) is 5.32 Å². The first kappa shape index (κ1) is 18.3. The lowest BCUT2D eigenvalue weighted by atomic mass is 10.7. The van der Waals surface area contributed by atoms with E-state index in [0.29, 0.717) is 0 Å². The van der Waals surface area contributed by atoms with Crippen LogP contribution in [0.1, 0.15) is 13.8 Å². The number of halogens is 3. The van der Waals surface area contributed by atoms with Crippen LogP contribution in [0.3, 0.4) is 0 Å². The topological polar surface area (TPSA) is 73.9 Å². The predicted molar refractivity (Wildman–Crippen MR) is 70.5 cm³/mol. The second-order valence-corrected chi connectivity index (χ2v) is 7.44. The van der Waals surface area contributed by atoms with Crippen LogP contribution in [0.15, 0.2) is 0 Å². The molecule has 0 aromatic rings. The van der Waals surface area contributed by atoms with Gasteiger partial charge in [0.15, 0.2) is 5.78 Å². The molecule has 10 heteroatoms. The molecule has 0 bridgehead atoms. The first-order chi connectivity index (χ1) is 8.21. The highest BCUT2D eigenvalue weighted by molar-refractivity contribution is 7.55. The van der Waals surface area contributed by atoms with E-state index in [9.17, 15) is 9.36 Å². The fraction of sp³-hybridized carbons (Fsp3) is 0.875. The van der Waals surface area contributed by atoms with E-state index in [4.69, 9.17) is 43.9 Å². The summed E-state index contributed by atoms with van der Waals surface area (Å²) in [6.07, 6.45) is -0.911.